The van der Waals surface area contributed by atoms with Crippen molar-refractivity contribution < 1.29 is 32.2 Å². The molecule has 0 saturated heterocycles. The van der Waals surface area contributed by atoms with Gasteiger partial charge in [0.25, 0.3) is 0 Å². The first-order valence-corrected chi connectivity index (χ1v) is 13.0. The number of carbonyl (C=O) groups is 1. The minimum atomic E-state index is -3.71. The van der Waals surface area contributed by atoms with Crippen LogP contribution in [0.3, 0.4) is 0 Å². The minimum Gasteiger partial charge on any atom is -0.496 e. The van der Waals surface area contributed by atoms with E-state index < -0.39 is 15.9 Å². The van der Waals surface area contributed by atoms with Gasteiger partial charge in [-0.2, -0.15) is 0 Å². The summed E-state index contributed by atoms with van der Waals surface area (Å²) >= 11 is 0. The van der Waals surface area contributed by atoms with E-state index in [1.807, 2.05) is 0 Å². The van der Waals surface area contributed by atoms with E-state index in [9.17, 15) is 13.2 Å². The Bertz CT molecular complexity index is 1140. The molecule has 0 heterocycles. The van der Waals surface area contributed by atoms with Crippen LogP contribution in [-0.4, -0.2) is 55.4 Å². The fourth-order valence-electron chi connectivity index (χ4n) is 3.46. The molecule has 0 unspecified atom stereocenters. The molecule has 198 valence electrons. The maximum Gasteiger partial charge on any atom is 0.241 e. The highest BCUT2D eigenvalue weighted by Gasteiger charge is 2.18. The van der Waals surface area contributed by atoms with E-state index in [0.29, 0.717) is 52.8 Å². The second-order valence-electron chi connectivity index (χ2n) is 7.97. The van der Waals surface area contributed by atoms with Crippen LogP contribution in [0.1, 0.15) is 30.4 Å². The summed E-state index contributed by atoms with van der Waals surface area (Å²) in [5.74, 6) is 1.01. The third-order valence-electron chi connectivity index (χ3n) is 5.39. The van der Waals surface area contributed by atoms with Gasteiger partial charge < -0.3 is 35.7 Å². The van der Waals surface area contributed by atoms with Crippen molar-refractivity contribution in [2.24, 2.45) is 11.5 Å². The molecule has 1 atom stereocenters. The Morgan fingerprint density at radius 2 is 1.61 bits per heavy atom. The van der Waals surface area contributed by atoms with Gasteiger partial charge in [-0.15, -0.1) is 0 Å². The fraction of sp³-hybridized carbons (Fsp3) is 0.400. The van der Waals surface area contributed by atoms with E-state index in [-0.39, 0.29) is 11.7 Å². The summed E-state index contributed by atoms with van der Waals surface area (Å²) in [7, 11) is 2.20. The lowest BCUT2D eigenvalue weighted by Crippen LogP contribution is -2.35. The van der Waals surface area contributed by atoms with Crippen LogP contribution in [-0.2, 0) is 20.4 Å². The summed E-state index contributed by atoms with van der Waals surface area (Å²) in [5, 5.41) is 3.83. The monoisotopic (exact) mass is 521 g/mol. The molecule has 11 heteroatoms. The number of hydrogen-bond donors (Lipinski definition) is 3. The highest BCUT2D eigenvalue weighted by atomic mass is 32.2. The Kier molecular flexibility index (Phi) is 11.0. The molecule has 1 amide bonds. The zero-order valence-corrected chi connectivity index (χ0v) is 21.9. The molecule has 0 aromatic heterocycles. The molecule has 0 aliphatic rings. The highest BCUT2D eigenvalue weighted by Crippen LogP contribution is 2.35. The number of rotatable bonds is 14. The highest BCUT2D eigenvalue weighted by molar-refractivity contribution is 7.93. The van der Waals surface area contributed by atoms with E-state index in [4.69, 9.17) is 30.4 Å². The van der Waals surface area contributed by atoms with Crippen molar-refractivity contribution in [3.63, 3.8) is 0 Å². The predicted octanol–water partition coefficient (Wildman–Crippen LogP) is 2.70. The molecule has 36 heavy (non-hydrogen) atoms. The number of hydrogen-bond acceptors (Lipinski definition) is 9. The van der Waals surface area contributed by atoms with Gasteiger partial charge in [0.05, 0.1) is 51.5 Å². The van der Waals surface area contributed by atoms with Gasteiger partial charge in [-0.05, 0) is 43.2 Å². The maximum atomic E-state index is 12.9. The van der Waals surface area contributed by atoms with Crippen molar-refractivity contribution in [2.75, 3.05) is 40.3 Å². The number of methoxy groups -OCH3 is 4. The fourth-order valence-corrected chi connectivity index (χ4v) is 4.54. The molecule has 2 aromatic rings. The van der Waals surface area contributed by atoms with Crippen LogP contribution in [0.2, 0.25) is 0 Å². The number of unbranched alkanes of at least 4 members (excludes halogenated alkanes) is 1. The van der Waals surface area contributed by atoms with Gasteiger partial charge in [0.2, 0.25) is 5.91 Å². The average molecular weight is 522 g/mol. The van der Waals surface area contributed by atoms with Gasteiger partial charge in [0.15, 0.2) is 9.84 Å². The van der Waals surface area contributed by atoms with Crippen molar-refractivity contribution in [2.45, 2.75) is 31.1 Å². The number of carbonyl (C=O) groups excluding carboxylic acids is 1. The first-order chi connectivity index (χ1) is 17.2. The van der Waals surface area contributed by atoms with Crippen LogP contribution in [0, 0.1) is 0 Å². The number of sulfone groups is 1. The van der Waals surface area contributed by atoms with E-state index in [1.54, 1.807) is 30.3 Å². The van der Waals surface area contributed by atoms with Gasteiger partial charge in [0.1, 0.15) is 23.0 Å². The molecule has 0 radical (unpaired) electrons. The molecule has 0 aliphatic heterocycles. The summed E-state index contributed by atoms with van der Waals surface area (Å²) in [6.07, 6.45) is 3.41. The Morgan fingerprint density at radius 1 is 0.972 bits per heavy atom. The number of nitrogens with one attached hydrogen (secondary N) is 1. The first kappa shape index (κ1) is 29.0. The molecule has 2 rings (SSSR count). The SMILES string of the molecule is COc1cc(OC)c(C=CS(=O)(=O)Cc2ccc(OC)c(NC(=O)[C@H](N)CCCCN)c2)c(OC)c1. The van der Waals surface area contributed by atoms with Crippen molar-refractivity contribution in [3.05, 3.63) is 46.9 Å². The largest absolute Gasteiger partial charge is 0.496 e. The van der Waals surface area contributed by atoms with Gasteiger partial charge in [0, 0.05) is 17.5 Å². The molecule has 0 fully saturated rings. The van der Waals surface area contributed by atoms with Crippen LogP contribution in [0.5, 0.6) is 23.0 Å². The summed E-state index contributed by atoms with van der Waals surface area (Å²) in [5.41, 5.74) is 12.7. The molecule has 10 nitrogen and oxygen atoms in total. The van der Waals surface area contributed by atoms with Crippen molar-refractivity contribution >= 4 is 27.5 Å². The molecule has 0 saturated carbocycles. The number of ether oxygens (including phenoxy) is 4. The van der Waals surface area contributed by atoms with Crippen LogP contribution < -0.4 is 35.7 Å². The molecule has 0 bridgehead atoms. The van der Waals surface area contributed by atoms with Crippen LogP contribution in [0.4, 0.5) is 5.69 Å². The zero-order chi connectivity index (χ0) is 26.7. The zero-order valence-electron chi connectivity index (χ0n) is 21.1. The number of amides is 1. The average Bonchev–Trinajstić information content (AvgIpc) is 2.86. The number of benzene rings is 2. The summed E-state index contributed by atoms with van der Waals surface area (Å²) in [6, 6.07) is 7.33. The summed E-state index contributed by atoms with van der Waals surface area (Å²) in [4.78, 5) is 12.5. The lowest BCUT2D eigenvalue weighted by Gasteiger charge is -2.15. The van der Waals surface area contributed by atoms with Crippen molar-refractivity contribution in [1.29, 1.82) is 0 Å². The minimum absolute atomic E-state index is 0.306. The predicted molar refractivity (Wildman–Crippen MR) is 140 cm³/mol. The molecule has 0 spiro atoms. The Hall–Kier alpha value is -3.28. The normalized spacial score (nSPS) is 12.3. The third-order valence-corrected chi connectivity index (χ3v) is 6.68. The standard InChI is InChI=1S/C25H35N3O7S/c1-32-18-14-23(34-3)19(24(15-18)35-4)10-12-36(30,31)16-17-8-9-22(33-2)21(13-17)28-25(29)20(27)7-5-6-11-26/h8-10,12-15,20H,5-7,11,16,26-27H2,1-4H3,(H,28,29)/t20-/m1/s1. The van der Waals surface area contributed by atoms with E-state index in [2.05, 4.69) is 5.32 Å². The molecule has 0 aliphatic carbocycles. The van der Waals surface area contributed by atoms with Gasteiger partial charge >= 0.3 is 0 Å². The van der Waals surface area contributed by atoms with Gasteiger partial charge in [-0.1, -0.05) is 12.5 Å². The number of nitrogens with two attached hydrogens (primary N) is 2. The maximum absolute atomic E-state index is 12.9. The van der Waals surface area contributed by atoms with Gasteiger partial charge in [-0.3, -0.25) is 4.79 Å². The van der Waals surface area contributed by atoms with Crippen LogP contribution in [0.15, 0.2) is 35.7 Å². The Labute approximate surface area is 212 Å². The number of anilines is 1. The van der Waals surface area contributed by atoms with Crippen LogP contribution in [0.25, 0.3) is 6.08 Å². The lowest BCUT2D eigenvalue weighted by molar-refractivity contribution is -0.117. The first-order valence-electron chi connectivity index (χ1n) is 11.3. The third kappa shape index (κ3) is 8.14. The van der Waals surface area contributed by atoms with E-state index in [1.165, 1.54) is 34.5 Å². The van der Waals surface area contributed by atoms with Crippen molar-refractivity contribution in [1.82, 2.24) is 0 Å². The molecule has 5 N–H and O–H groups in total. The molecular formula is C25H35N3O7S. The Morgan fingerprint density at radius 3 is 2.17 bits per heavy atom. The van der Waals surface area contributed by atoms with Crippen molar-refractivity contribution in [3.8, 4) is 23.0 Å². The second-order valence-corrected chi connectivity index (χ2v) is 9.86. The van der Waals surface area contributed by atoms with E-state index >= 15 is 0 Å². The smallest absolute Gasteiger partial charge is 0.241 e. The second kappa shape index (κ2) is 13.7. The topological polar surface area (TPSA) is 152 Å². The Balaban J connectivity index is 2.24. The molecule has 2 aromatic carbocycles. The lowest BCUT2D eigenvalue weighted by atomic mass is 10.1. The molecular weight excluding hydrogens is 486 g/mol. The summed E-state index contributed by atoms with van der Waals surface area (Å²) in [6.45, 7) is 0.533. The quantitative estimate of drug-likeness (QED) is 0.319. The summed E-state index contributed by atoms with van der Waals surface area (Å²) < 4.78 is 47.1. The van der Waals surface area contributed by atoms with E-state index in [0.717, 1.165) is 18.2 Å². The van der Waals surface area contributed by atoms with Gasteiger partial charge in [-0.25, -0.2) is 8.42 Å². The van der Waals surface area contributed by atoms with Crippen LogP contribution >= 0.6 is 0 Å².